The maximum atomic E-state index is 6.15. The van der Waals surface area contributed by atoms with Crippen molar-refractivity contribution in [1.82, 2.24) is 0 Å². The fraction of sp³-hybridized carbons (Fsp3) is 0.400. The Morgan fingerprint density at radius 3 is 2.33 bits per heavy atom. The second kappa shape index (κ2) is 3.80. The minimum atomic E-state index is 0.481. The maximum Gasteiger partial charge on any atom is 0.0585 e. The molecule has 12 heavy (non-hydrogen) atoms. The number of benzene rings is 1. The molecule has 0 aliphatic carbocycles. The molecule has 1 aromatic carbocycles. The van der Waals surface area contributed by atoms with Crippen LogP contribution in [0.3, 0.4) is 0 Å². The number of aryl methyl sites for hydroxylation is 1. The largest absolute Gasteiger partial charge is 0.0828 e. The van der Waals surface area contributed by atoms with E-state index in [-0.39, 0.29) is 0 Å². The summed E-state index contributed by atoms with van der Waals surface area (Å²) in [6.07, 6.45) is 0. The first-order valence-corrected chi connectivity index (χ1v) is 5.15. The number of rotatable bonds is 1. The number of hydrogen-bond acceptors (Lipinski definition) is 0. The summed E-state index contributed by atoms with van der Waals surface area (Å²) < 4.78 is 0.985. The molecule has 0 spiro atoms. The van der Waals surface area contributed by atoms with Gasteiger partial charge in [-0.1, -0.05) is 31.5 Å². The van der Waals surface area contributed by atoms with E-state index in [4.69, 9.17) is 11.6 Å². The summed E-state index contributed by atoms with van der Waals surface area (Å²) in [6, 6.07) is 4.08. The van der Waals surface area contributed by atoms with Gasteiger partial charge in [0.05, 0.1) is 5.02 Å². The van der Waals surface area contributed by atoms with Crippen LogP contribution in [0.25, 0.3) is 0 Å². The Balaban J connectivity index is 3.33. The highest BCUT2D eigenvalue weighted by atomic mass is 79.9. The molecule has 0 aromatic heterocycles. The van der Waals surface area contributed by atoms with Crippen LogP contribution in [0.15, 0.2) is 16.6 Å². The lowest BCUT2D eigenvalue weighted by atomic mass is 9.98. The van der Waals surface area contributed by atoms with Gasteiger partial charge in [-0.25, -0.2) is 0 Å². The van der Waals surface area contributed by atoms with Crippen molar-refractivity contribution in [2.45, 2.75) is 26.7 Å². The lowest BCUT2D eigenvalue weighted by Gasteiger charge is -2.12. The van der Waals surface area contributed by atoms with E-state index in [0.717, 1.165) is 9.50 Å². The van der Waals surface area contributed by atoms with Crippen LogP contribution < -0.4 is 0 Å². The molecule has 0 saturated carbocycles. The van der Waals surface area contributed by atoms with Gasteiger partial charge in [0.2, 0.25) is 0 Å². The predicted molar refractivity (Wildman–Crippen MR) is 58.0 cm³/mol. The van der Waals surface area contributed by atoms with Crippen LogP contribution >= 0.6 is 27.5 Å². The van der Waals surface area contributed by atoms with E-state index < -0.39 is 0 Å². The van der Waals surface area contributed by atoms with Crippen molar-refractivity contribution >= 4 is 27.5 Å². The zero-order valence-corrected chi connectivity index (χ0v) is 9.83. The fourth-order valence-electron chi connectivity index (χ4n) is 1.37. The third kappa shape index (κ3) is 1.83. The molecular formula is C10H12BrCl. The molecule has 0 radical (unpaired) electrons. The standard InChI is InChI=1S/C10H12BrCl/c1-6(2)9-7(3)4-5-8(11)10(9)12/h4-6H,1-3H3. The highest BCUT2D eigenvalue weighted by molar-refractivity contribution is 9.10. The van der Waals surface area contributed by atoms with Crippen molar-refractivity contribution in [2.75, 3.05) is 0 Å². The summed E-state index contributed by atoms with van der Waals surface area (Å²) in [7, 11) is 0. The van der Waals surface area contributed by atoms with Crippen LogP contribution in [0.4, 0.5) is 0 Å². The second-order valence-corrected chi connectivity index (χ2v) is 4.48. The molecule has 1 rings (SSSR count). The van der Waals surface area contributed by atoms with E-state index in [1.54, 1.807) is 0 Å². The molecule has 0 nitrogen and oxygen atoms in total. The summed E-state index contributed by atoms with van der Waals surface area (Å²) in [6.45, 7) is 6.40. The molecular weight excluding hydrogens is 235 g/mol. The second-order valence-electron chi connectivity index (χ2n) is 3.25. The van der Waals surface area contributed by atoms with Gasteiger partial charge in [-0.15, -0.1) is 0 Å². The molecule has 0 bridgehead atoms. The molecule has 1 aromatic rings. The first kappa shape index (κ1) is 10.1. The molecule has 0 fully saturated rings. The normalized spacial score (nSPS) is 10.8. The Labute approximate surface area is 87.1 Å². The van der Waals surface area contributed by atoms with Crippen molar-refractivity contribution in [2.24, 2.45) is 0 Å². The summed E-state index contributed by atoms with van der Waals surface area (Å²) in [5, 5.41) is 0.852. The summed E-state index contributed by atoms with van der Waals surface area (Å²) >= 11 is 9.56. The van der Waals surface area contributed by atoms with Crippen molar-refractivity contribution in [3.63, 3.8) is 0 Å². The van der Waals surface area contributed by atoms with Gasteiger partial charge < -0.3 is 0 Å². The van der Waals surface area contributed by atoms with Crippen LogP contribution in [-0.2, 0) is 0 Å². The maximum absolute atomic E-state index is 6.15. The topological polar surface area (TPSA) is 0 Å². The molecule has 0 amide bonds. The first-order chi connectivity index (χ1) is 5.54. The van der Waals surface area contributed by atoms with Crippen LogP contribution in [0.5, 0.6) is 0 Å². The van der Waals surface area contributed by atoms with Gasteiger partial charge in [-0.2, -0.15) is 0 Å². The van der Waals surface area contributed by atoms with E-state index in [9.17, 15) is 0 Å². The quantitative estimate of drug-likeness (QED) is 0.684. The van der Waals surface area contributed by atoms with Crippen molar-refractivity contribution < 1.29 is 0 Å². The van der Waals surface area contributed by atoms with Gasteiger partial charge in [-0.05, 0) is 46.0 Å². The van der Waals surface area contributed by atoms with Crippen molar-refractivity contribution in [3.8, 4) is 0 Å². The van der Waals surface area contributed by atoms with E-state index in [0.29, 0.717) is 5.92 Å². The summed E-state index contributed by atoms with van der Waals surface area (Å²) in [4.78, 5) is 0. The number of hydrogen-bond donors (Lipinski definition) is 0. The Morgan fingerprint density at radius 1 is 1.33 bits per heavy atom. The molecule has 0 N–H and O–H groups in total. The van der Waals surface area contributed by atoms with Crippen LogP contribution in [0.2, 0.25) is 5.02 Å². The molecule has 0 heterocycles. The van der Waals surface area contributed by atoms with Gasteiger partial charge in [0.1, 0.15) is 0 Å². The zero-order chi connectivity index (χ0) is 9.30. The minimum Gasteiger partial charge on any atom is -0.0828 e. The molecule has 0 aliphatic rings. The van der Waals surface area contributed by atoms with Crippen LogP contribution in [-0.4, -0.2) is 0 Å². The smallest absolute Gasteiger partial charge is 0.0585 e. The Kier molecular flexibility index (Phi) is 3.19. The van der Waals surface area contributed by atoms with Gasteiger partial charge in [-0.3, -0.25) is 0 Å². The third-order valence-electron chi connectivity index (χ3n) is 1.93. The first-order valence-electron chi connectivity index (χ1n) is 3.98. The van der Waals surface area contributed by atoms with Gasteiger partial charge >= 0.3 is 0 Å². The molecule has 0 unspecified atom stereocenters. The fourth-order valence-corrected chi connectivity index (χ4v) is 2.15. The lowest BCUT2D eigenvalue weighted by Crippen LogP contribution is -1.93. The molecule has 0 atom stereocenters. The van der Waals surface area contributed by atoms with Crippen LogP contribution in [0.1, 0.15) is 30.9 Å². The highest BCUT2D eigenvalue weighted by Crippen LogP contribution is 2.33. The zero-order valence-electron chi connectivity index (χ0n) is 7.49. The average Bonchev–Trinajstić information content (AvgIpc) is 1.97. The molecule has 0 saturated heterocycles. The molecule has 0 aliphatic heterocycles. The molecule has 66 valence electrons. The SMILES string of the molecule is Cc1ccc(Br)c(Cl)c1C(C)C. The van der Waals surface area contributed by atoms with Crippen LogP contribution in [0, 0.1) is 6.92 Å². The van der Waals surface area contributed by atoms with Crippen molar-refractivity contribution in [3.05, 3.63) is 32.8 Å². The number of halogens is 2. The Morgan fingerprint density at radius 2 is 1.92 bits per heavy atom. The van der Waals surface area contributed by atoms with Crippen molar-refractivity contribution in [1.29, 1.82) is 0 Å². The third-order valence-corrected chi connectivity index (χ3v) is 3.22. The Bertz CT molecular complexity index is 292. The predicted octanol–water partition coefficient (Wildman–Crippen LogP) is 4.53. The van der Waals surface area contributed by atoms with Gasteiger partial charge in [0.25, 0.3) is 0 Å². The molecule has 2 heteroatoms. The van der Waals surface area contributed by atoms with Gasteiger partial charge in [0.15, 0.2) is 0 Å². The summed E-state index contributed by atoms with van der Waals surface area (Å²) in [5.74, 6) is 0.481. The highest BCUT2D eigenvalue weighted by Gasteiger charge is 2.10. The summed E-state index contributed by atoms with van der Waals surface area (Å²) in [5.41, 5.74) is 2.50. The van der Waals surface area contributed by atoms with E-state index in [2.05, 4.69) is 42.8 Å². The van der Waals surface area contributed by atoms with E-state index in [1.807, 2.05) is 6.07 Å². The monoisotopic (exact) mass is 246 g/mol. The van der Waals surface area contributed by atoms with Gasteiger partial charge in [0, 0.05) is 4.47 Å². The average molecular weight is 248 g/mol. The Hall–Kier alpha value is -0.0100. The van der Waals surface area contributed by atoms with E-state index in [1.165, 1.54) is 11.1 Å². The minimum absolute atomic E-state index is 0.481. The van der Waals surface area contributed by atoms with E-state index >= 15 is 0 Å². The lowest BCUT2D eigenvalue weighted by molar-refractivity contribution is 0.856.